The molecule has 1 atom stereocenters. The second kappa shape index (κ2) is 6.09. The smallest absolute Gasteiger partial charge is 0.239 e. The van der Waals surface area contributed by atoms with Gasteiger partial charge in [-0.15, -0.1) is 0 Å². The molecule has 2 aromatic rings. The van der Waals surface area contributed by atoms with E-state index in [1.54, 1.807) is 6.92 Å². The number of benzene rings is 1. The molecule has 3 N–H and O–H groups in total. The van der Waals surface area contributed by atoms with E-state index in [1.807, 2.05) is 37.3 Å². The highest BCUT2D eigenvalue weighted by Gasteiger charge is 2.26. The molecule has 0 aliphatic rings. The fraction of sp³-hybridized carbons (Fsp3) is 0.438. The summed E-state index contributed by atoms with van der Waals surface area (Å²) in [4.78, 5) is 12.0. The molecule has 0 aliphatic heterocycles. The Balaban J connectivity index is 1.88. The van der Waals surface area contributed by atoms with E-state index in [0.717, 1.165) is 23.2 Å². The van der Waals surface area contributed by atoms with Crippen LogP contribution in [0.2, 0.25) is 0 Å². The van der Waals surface area contributed by atoms with Crippen LogP contribution in [0.5, 0.6) is 0 Å². The molecule has 0 radical (unpaired) electrons. The Morgan fingerprint density at radius 3 is 2.85 bits per heavy atom. The van der Waals surface area contributed by atoms with Crippen molar-refractivity contribution >= 4 is 16.9 Å². The predicted octanol–water partition coefficient (Wildman–Crippen LogP) is 2.61. The van der Waals surface area contributed by atoms with Crippen LogP contribution in [0.4, 0.5) is 0 Å². The third-order valence-electron chi connectivity index (χ3n) is 3.42. The molecule has 1 aromatic heterocycles. The molecule has 0 saturated heterocycles. The van der Waals surface area contributed by atoms with Gasteiger partial charge in [0.05, 0.1) is 5.54 Å². The summed E-state index contributed by atoms with van der Waals surface area (Å²) in [6.45, 7) is 4.33. The first-order valence-electron chi connectivity index (χ1n) is 7.07. The minimum atomic E-state index is -0.789. The third kappa shape index (κ3) is 3.39. The van der Waals surface area contributed by atoms with Crippen LogP contribution in [0.3, 0.4) is 0 Å². The van der Waals surface area contributed by atoms with Crippen LogP contribution in [0.1, 0.15) is 32.4 Å². The molecule has 0 bridgehead atoms. The Kier molecular flexibility index (Phi) is 4.45. The molecule has 108 valence electrons. The molecule has 1 aromatic carbocycles. The predicted molar refractivity (Wildman–Crippen MR) is 80.4 cm³/mol. The molecule has 1 heterocycles. The number of rotatable bonds is 6. The topological polar surface area (TPSA) is 68.3 Å². The summed E-state index contributed by atoms with van der Waals surface area (Å²) in [6, 6.07) is 9.89. The summed E-state index contributed by atoms with van der Waals surface area (Å²) in [5.74, 6) is 0.774. The first kappa shape index (κ1) is 14.6. The van der Waals surface area contributed by atoms with Crippen LogP contribution in [-0.2, 0) is 11.2 Å². The first-order valence-corrected chi connectivity index (χ1v) is 7.07. The molecule has 2 rings (SSSR count). The van der Waals surface area contributed by atoms with Gasteiger partial charge in [-0.05, 0) is 25.5 Å². The van der Waals surface area contributed by atoms with Gasteiger partial charge in [0.2, 0.25) is 5.91 Å². The van der Waals surface area contributed by atoms with Crippen molar-refractivity contribution in [3.8, 4) is 0 Å². The van der Waals surface area contributed by atoms with Gasteiger partial charge in [0.1, 0.15) is 11.3 Å². The molecule has 0 fully saturated rings. The van der Waals surface area contributed by atoms with Gasteiger partial charge in [-0.1, -0.05) is 31.5 Å². The summed E-state index contributed by atoms with van der Waals surface area (Å²) in [5, 5.41) is 3.96. The number of para-hydroxylation sites is 1. The maximum Gasteiger partial charge on any atom is 0.239 e. The molecule has 0 spiro atoms. The fourth-order valence-electron chi connectivity index (χ4n) is 2.29. The second-order valence-electron chi connectivity index (χ2n) is 5.42. The Morgan fingerprint density at radius 1 is 1.40 bits per heavy atom. The summed E-state index contributed by atoms with van der Waals surface area (Å²) < 4.78 is 5.70. The van der Waals surface area contributed by atoms with Gasteiger partial charge in [0.25, 0.3) is 0 Å². The minimum absolute atomic E-state index is 0.101. The van der Waals surface area contributed by atoms with E-state index in [2.05, 4.69) is 5.32 Å². The molecular weight excluding hydrogens is 252 g/mol. The Bertz CT molecular complexity index is 554. The average molecular weight is 274 g/mol. The highest BCUT2D eigenvalue weighted by molar-refractivity contribution is 5.85. The molecule has 1 amide bonds. The lowest BCUT2D eigenvalue weighted by Gasteiger charge is -2.22. The average Bonchev–Trinajstić information content (AvgIpc) is 2.81. The van der Waals surface area contributed by atoms with Crippen molar-refractivity contribution in [1.29, 1.82) is 0 Å². The van der Waals surface area contributed by atoms with E-state index in [-0.39, 0.29) is 5.91 Å². The summed E-state index contributed by atoms with van der Waals surface area (Å²) in [6.07, 6.45) is 2.25. The van der Waals surface area contributed by atoms with E-state index < -0.39 is 5.54 Å². The quantitative estimate of drug-likeness (QED) is 0.850. The Morgan fingerprint density at radius 2 is 2.15 bits per heavy atom. The Labute approximate surface area is 119 Å². The van der Waals surface area contributed by atoms with Gasteiger partial charge in [-0.25, -0.2) is 0 Å². The summed E-state index contributed by atoms with van der Waals surface area (Å²) in [5.41, 5.74) is 6.07. The largest absolute Gasteiger partial charge is 0.461 e. The van der Waals surface area contributed by atoms with Gasteiger partial charge >= 0.3 is 0 Å². The number of carbonyl (C=O) groups excluding carboxylic acids is 1. The van der Waals surface area contributed by atoms with E-state index in [1.165, 1.54) is 0 Å². The van der Waals surface area contributed by atoms with Crippen molar-refractivity contribution in [3.05, 3.63) is 36.1 Å². The number of fused-ring (bicyclic) bond motifs is 1. The molecule has 4 heteroatoms. The summed E-state index contributed by atoms with van der Waals surface area (Å²) >= 11 is 0. The van der Waals surface area contributed by atoms with Gasteiger partial charge in [-0.2, -0.15) is 0 Å². The van der Waals surface area contributed by atoms with E-state index >= 15 is 0 Å². The zero-order valence-corrected chi connectivity index (χ0v) is 12.1. The summed E-state index contributed by atoms with van der Waals surface area (Å²) in [7, 11) is 0. The van der Waals surface area contributed by atoms with Crippen LogP contribution in [0, 0.1) is 0 Å². The molecular formula is C16H22N2O2. The normalized spacial score (nSPS) is 14.2. The minimum Gasteiger partial charge on any atom is -0.461 e. The third-order valence-corrected chi connectivity index (χ3v) is 3.42. The second-order valence-corrected chi connectivity index (χ2v) is 5.42. The maximum atomic E-state index is 12.0. The van der Waals surface area contributed by atoms with E-state index in [4.69, 9.17) is 10.2 Å². The number of hydrogen-bond acceptors (Lipinski definition) is 3. The zero-order valence-electron chi connectivity index (χ0n) is 12.1. The number of nitrogens with two attached hydrogens (primary N) is 1. The molecule has 4 nitrogen and oxygen atoms in total. The lowest BCUT2D eigenvalue weighted by Crippen LogP contribution is -2.51. The number of furan rings is 1. The van der Waals surface area contributed by atoms with Crippen LogP contribution in [0.15, 0.2) is 34.7 Å². The lowest BCUT2D eigenvalue weighted by atomic mass is 9.96. The molecule has 0 aliphatic carbocycles. The standard InChI is InChI=1S/C16H22N2O2/c1-3-9-16(2,17)15(19)18-10-8-13-11-12-6-4-5-7-14(12)20-13/h4-7,11H,3,8-10,17H2,1-2H3,(H,18,19). The fourth-order valence-corrected chi connectivity index (χ4v) is 2.29. The van der Waals surface area contributed by atoms with Crippen molar-refractivity contribution in [1.82, 2.24) is 5.32 Å². The van der Waals surface area contributed by atoms with Gasteiger partial charge in [0, 0.05) is 18.4 Å². The number of amides is 1. The van der Waals surface area contributed by atoms with Gasteiger partial charge in [0.15, 0.2) is 0 Å². The van der Waals surface area contributed by atoms with Gasteiger partial charge in [-0.3, -0.25) is 4.79 Å². The molecule has 0 saturated carbocycles. The van der Waals surface area contributed by atoms with Crippen molar-refractivity contribution < 1.29 is 9.21 Å². The van der Waals surface area contributed by atoms with Crippen LogP contribution >= 0.6 is 0 Å². The van der Waals surface area contributed by atoms with Crippen molar-refractivity contribution in [2.45, 2.75) is 38.6 Å². The number of nitrogens with one attached hydrogen (secondary N) is 1. The number of carbonyl (C=O) groups is 1. The van der Waals surface area contributed by atoms with E-state index in [0.29, 0.717) is 19.4 Å². The van der Waals surface area contributed by atoms with Crippen LogP contribution < -0.4 is 11.1 Å². The highest BCUT2D eigenvalue weighted by Crippen LogP contribution is 2.18. The SMILES string of the molecule is CCCC(C)(N)C(=O)NCCc1cc2ccccc2o1. The van der Waals surface area contributed by atoms with E-state index in [9.17, 15) is 4.79 Å². The highest BCUT2D eigenvalue weighted by atomic mass is 16.3. The van der Waals surface area contributed by atoms with Crippen molar-refractivity contribution in [2.75, 3.05) is 6.54 Å². The van der Waals surface area contributed by atoms with Crippen LogP contribution in [-0.4, -0.2) is 18.0 Å². The molecule has 20 heavy (non-hydrogen) atoms. The molecule has 1 unspecified atom stereocenters. The van der Waals surface area contributed by atoms with Gasteiger partial charge < -0.3 is 15.5 Å². The first-order chi connectivity index (χ1) is 9.53. The monoisotopic (exact) mass is 274 g/mol. The van der Waals surface area contributed by atoms with Crippen LogP contribution in [0.25, 0.3) is 11.0 Å². The maximum absolute atomic E-state index is 12.0. The zero-order chi connectivity index (χ0) is 14.6. The van der Waals surface area contributed by atoms with Crippen molar-refractivity contribution in [2.24, 2.45) is 5.73 Å². The van der Waals surface area contributed by atoms with Crippen molar-refractivity contribution in [3.63, 3.8) is 0 Å². The number of hydrogen-bond donors (Lipinski definition) is 2. The Hall–Kier alpha value is -1.81. The lowest BCUT2D eigenvalue weighted by molar-refractivity contribution is -0.126.